The zero-order valence-corrected chi connectivity index (χ0v) is 18.1. The third kappa shape index (κ3) is 4.59. The van der Waals surface area contributed by atoms with Crippen molar-refractivity contribution in [2.24, 2.45) is 5.16 Å². The van der Waals surface area contributed by atoms with Crippen LogP contribution in [0.5, 0.6) is 0 Å². The van der Waals surface area contributed by atoms with Crippen molar-refractivity contribution in [2.45, 2.75) is 18.3 Å². The van der Waals surface area contributed by atoms with Crippen molar-refractivity contribution in [1.82, 2.24) is 24.6 Å². The molecule has 2 aromatic rings. The third-order valence-corrected chi connectivity index (χ3v) is 6.33. The molecule has 160 valence electrons. The summed E-state index contributed by atoms with van der Waals surface area (Å²) in [5, 5.41) is 6.55. The summed E-state index contributed by atoms with van der Waals surface area (Å²) in [4.78, 5) is 40.0. The van der Waals surface area contributed by atoms with E-state index in [1.54, 1.807) is 36.0 Å². The minimum Gasteiger partial charge on any atom is -0.395 e. The average Bonchev–Trinajstić information content (AvgIpc) is 3.22. The number of nitrogens with one attached hydrogen (secondary N) is 1. The van der Waals surface area contributed by atoms with Crippen LogP contribution in [0.4, 0.5) is 5.13 Å². The molecule has 12 heteroatoms. The number of allylic oxidation sites excluding steroid dienone is 1. The summed E-state index contributed by atoms with van der Waals surface area (Å²) >= 11 is 2.53. The molecule has 1 fully saturated rings. The minimum absolute atomic E-state index is 0.0665. The molecule has 0 aliphatic carbocycles. The first-order valence-corrected chi connectivity index (χ1v) is 11.2. The number of nitrogens with zero attached hydrogens (tertiary/aromatic N) is 5. The summed E-state index contributed by atoms with van der Waals surface area (Å²) in [5.41, 5.74) is 7.53. The molecule has 2 aliphatic rings. The van der Waals surface area contributed by atoms with Crippen molar-refractivity contribution >= 4 is 52.0 Å². The number of hydrogen-bond donors (Lipinski definition) is 2. The average molecular weight is 458 g/mol. The molecule has 1 unspecified atom stereocenters. The molecule has 1 saturated heterocycles. The van der Waals surface area contributed by atoms with E-state index in [1.165, 1.54) is 0 Å². The molecule has 4 rings (SSSR count). The number of aromatic nitrogens is 3. The molecule has 2 aliphatic heterocycles. The SMILES string of the molecule is CCON=C(C(=O)NC1C(=O)N2C=C(C=Cc3ccncc3)CS[C@@H]12)c1nsc(N)n1. The lowest BCUT2D eigenvalue weighted by Gasteiger charge is -2.47. The Labute approximate surface area is 186 Å². The highest BCUT2D eigenvalue weighted by atomic mass is 32.2. The zero-order chi connectivity index (χ0) is 21.8. The first-order valence-electron chi connectivity index (χ1n) is 9.39. The lowest BCUT2D eigenvalue weighted by molar-refractivity contribution is -0.143. The molecule has 3 N–H and O–H groups in total. The number of anilines is 1. The van der Waals surface area contributed by atoms with Crippen LogP contribution in [0.15, 0.2) is 47.5 Å². The van der Waals surface area contributed by atoms with Gasteiger partial charge in [0.1, 0.15) is 18.0 Å². The fraction of sp³-hybridized carbons (Fsp3) is 0.263. The van der Waals surface area contributed by atoms with E-state index in [9.17, 15) is 9.59 Å². The fourth-order valence-electron chi connectivity index (χ4n) is 2.95. The number of carbonyl (C=O) groups is 2. The van der Waals surface area contributed by atoms with Gasteiger partial charge in [-0.2, -0.15) is 9.36 Å². The van der Waals surface area contributed by atoms with Crippen LogP contribution in [0.1, 0.15) is 18.3 Å². The molecule has 0 spiro atoms. The molecular formula is C19H19N7O3S2. The van der Waals surface area contributed by atoms with Gasteiger partial charge in [0.25, 0.3) is 11.8 Å². The van der Waals surface area contributed by atoms with Gasteiger partial charge in [-0.05, 0) is 30.2 Å². The monoisotopic (exact) mass is 457 g/mol. The highest BCUT2D eigenvalue weighted by molar-refractivity contribution is 8.00. The lowest BCUT2D eigenvalue weighted by Crippen LogP contribution is -2.69. The number of hydrogen-bond acceptors (Lipinski definition) is 10. The number of nitrogens with two attached hydrogens (primary N) is 1. The topological polar surface area (TPSA) is 136 Å². The van der Waals surface area contributed by atoms with Crippen LogP contribution in [0.2, 0.25) is 0 Å². The van der Waals surface area contributed by atoms with Crippen molar-refractivity contribution in [1.29, 1.82) is 0 Å². The summed E-state index contributed by atoms with van der Waals surface area (Å²) in [6.07, 6.45) is 9.22. The van der Waals surface area contributed by atoms with E-state index in [1.807, 2.05) is 30.5 Å². The van der Waals surface area contributed by atoms with Gasteiger partial charge in [-0.15, -0.1) is 11.8 Å². The molecule has 2 aromatic heterocycles. The fourth-order valence-corrected chi connectivity index (χ4v) is 4.62. The number of rotatable bonds is 7. The quantitative estimate of drug-likeness (QED) is 0.360. The first kappa shape index (κ1) is 21.0. The summed E-state index contributed by atoms with van der Waals surface area (Å²) < 4.78 is 4.01. The highest BCUT2D eigenvalue weighted by Gasteiger charge is 2.49. The molecule has 4 heterocycles. The van der Waals surface area contributed by atoms with Crippen LogP contribution in [0.3, 0.4) is 0 Å². The van der Waals surface area contributed by atoms with E-state index in [2.05, 4.69) is 24.8 Å². The maximum atomic E-state index is 12.8. The van der Waals surface area contributed by atoms with Gasteiger partial charge >= 0.3 is 0 Å². The minimum atomic E-state index is -0.665. The van der Waals surface area contributed by atoms with Gasteiger partial charge in [0.05, 0.1) is 0 Å². The van der Waals surface area contributed by atoms with E-state index in [4.69, 9.17) is 10.6 Å². The van der Waals surface area contributed by atoms with Gasteiger partial charge in [-0.25, -0.2) is 0 Å². The van der Waals surface area contributed by atoms with E-state index < -0.39 is 11.9 Å². The molecule has 0 bridgehead atoms. The third-order valence-electron chi connectivity index (χ3n) is 4.44. The molecule has 0 saturated carbocycles. The van der Waals surface area contributed by atoms with Gasteiger partial charge in [-0.1, -0.05) is 17.3 Å². The number of carbonyl (C=O) groups excluding carboxylic acids is 2. The van der Waals surface area contributed by atoms with Crippen molar-refractivity contribution in [3.63, 3.8) is 0 Å². The summed E-state index contributed by atoms with van der Waals surface area (Å²) in [6, 6.07) is 3.15. The van der Waals surface area contributed by atoms with Crippen LogP contribution in [0, 0.1) is 0 Å². The number of nitrogen functional groups attached to an aromatic ring is 1. The van der Waals surface area contributed by atoms with Crippen LogP contribution in [-0.4, -0.2) is 60.5 Å². The molecular weight excluding hydrogens is 438 g/mol. The van der Waals surface area contributed by atoms with Crippen LogP contribution in [0.25, 0.3) is 6.08 Å². The normalized spacial score (nSPS) is 20.8. The smallest absolute Gasteiger partial charge is 0.278 e. The maximum absolute atomic E-state index is 12.8. The second kappa shape index (κ2) is 9.27. The van der Waals surface area contributed by atoms with Crippen LogP contribution < -0.4 is 11.1 Å². The Morgan fingerprint density at radius 2 is 2.23 bits per heavy atom. The van der Waals surface area contributed by atoms with Crippen LogP contribution in [-0.2, 0) is 14.4 Å². The number of amides is 2. The zero-order valence-electron chi connectivity index (χ0n) is 16.5. The van der Waals surface area contributed by atoms with E-state index >= 15 is 0 Å². The Balaban J connectivity index is 1.42. The predicted molar refractivity (Wildman–Crippen MR) is 119 cm³/mol. The Morgan fingerprint density at radius 3 is 2.94 bits per heavy atom. The number of fused-ring (bicyclic) bond motifs is 1. The Morgan fingerprint density at radius 1 is 1.42 bits per heavy atom. The van der Waals surface area contributed by atoms with Crippen molar-refractivity contribution in [3.05, 3.63) is 53.8 Å². The summed E-state index contributed by atoms with van der Waals surface area (Å²) in [6.45, 7) is 2.01. The molecule has 2 amide bonds. The maximum Gasteiger partial charge on any atom is 0.278 e. The second-order valence-electron chi connectivity index (χ2n) is 6.53. The Bertz CT molecular complexity index is 1070. The molecule has 10 nitrogen and oxygen atoms in total. The molecule has 0 radical (unpaired) electrons. The number of pyridine rings is 1. The number of thioether (sulfide) groups is 1. The van der Waals surface area contributed by atoms with Gasteiger partial charge < -0.3 is 20.8 Å². The molecule has 0 aromatic carbocycles. The van der Waals surface area contributed by atoms with Gasteiger partial charge in [0.15, 0.2) is 5.13 Å². The number of β-lactam (4-membered cyclic amide) rings is 1. The Kier molecular flexibility index (Phi) is 6.28. The van der Waals surface area contributed by atoms with Crippen molar-refractivity contribution < 1.29 is 14.4 Å². The van der Waals surface area contributed by atoms with Crippen molar-refractivity contribution in [2.75, 3.05) is 18.1 Å². The Hall–Kier alpha value is -3.25. The summed E-state index contributed by atoms with van der Waals surface area (Å²) in [7, 11) is 0. The molecule has 31 heavy (non-hydrogen) atoms. The van der Waals surface area contributed by atoms with Gasteiger partial charge in [0.2, 0.25) is 11.5 Å². The predicted octanol–water partition coefficient (Wildman–Crippen LogP) is 1.25. The second-order valence-corrected chi connectivity index (χ2v) is 8.42. The van der Waals surface area contributed by atoms with E-state index in [-0.39, 0.29) is 34.6 Å². The molecule has 2 atom stereocenters. The van der Waals surface area contributed by atoms with Gasteiger partial charge in [0, 0.05) is 35.9 Å². The van der Waals surface area contributed by atoms with Crippen molar-refractivity contribution in [3.8, 4) is 0 Å². The standard InChI is InChI=1S/C19H19N7O3S2/c1-2-29-24-13(15-23-19(20)31-25-15)16(27)22-14-17(28)26-9-12(10-30-18(14)26)4-3-11-5-7-21-8-6-11/h3-9,14,18H,2,10H2,1H3,(H,22,27)(H2,20,23,25)/t14?,18-/m0/s1. The largest absolute Gasteiger partial charge is 0.395 e. The van der Waals surface area contributed by atoms with Gasteiger partial charge in [-0.3, -0.25) is 14.6 Å². The van der Waals surface area contributed by atoms with Crippen LogP contribution >= 0.6 is 23.3 Å². The summed E-state index contributed by atoms with van der Waals surface area (Å²) in [5.74, 6) is 0.00261. The lowest BCUT2D eigenvalue weighted by atomic mass is 10.1. The first-order chi connectivity index (χ1) is 15.1. The highest BCUT2D eigenvalue weighted by Crippen LogP contribution is 2.36. The van der Waals surface area contributed by atoms with E-state index in [0.29, 0.717) is 5.75 Å². The number of oxime groups is 1. The van der Waals surface area contributed by atoms with E-state index in [0.717, 1.165) is 22.7 Å².